The lowest BCUT2D eigenvalue weighted by Crippen LogP contribution is -1.95. The van der Waals surface area contributed by atoms with Crippen molar-refractivity contribution in [1.82, 2.24) is 9.55 Å². The number of rotatable bonds is 1. The van der Waals surface area contributed by atoms with Crippen molar-refractivity contribution in [3.8, 4) is 0 Å². The molecule has 0 spiro atoms. The number of thiol groups is 1. The molecule has 0 saturated carbocycles. The Kier molecular flexibility index (Phi) is 1.81. The molecule has 0 aromatic carbocycles. The summed E-state index contributed by atoms with van der Waals surface area (Å²) >= 11 is 4.11. The SMILES string of the molecule is Cc1cnc(CS)n1C. The standard InChI is InChI=1S/C6H10N2S/c1-5-3-7-6(4-9)8(5)2/h3,9H,4H2,1-2H3. The fourth-order valence-corrected chi connectivity index (χ4v) is 0.985. The van der Waals surface area contributed by atoms with Gasteiger partial charge in [0.1, 0.15) is 5.82 Å². The quantitative estimate of drug-likeness (QED) is 0.582. The Bertz CT molecular complexity index is 205. The van der Waals surface area contributed by atoms with Crippen LogP contribution in [0.5, 0.6) is 0 Å². The molecule has 1 rings (SSSR count). The van der Waals surface area contributed by atoms with E-state index in [1.165, 1.54) is 5.69 Å². The van der Waals surface area contributed by atoms with Crippen molar-refractivity contribution < 1.29 is 0 Å². The molecular formula is C6H10N2S. The maximum Gasteiger partial charge on any atom is 0.118 e. The smallest absolute Gasteiger partial charge is 0.118 e. The summed E-state index contributed by atoms with van der Waals surface area (Å²) in [4.78, 5) is 4.12. The second-order valence-corrected chi connectivity index (χ2v) is 2.35. The van der Waals surface area contributed by atoms with Crippen LogP contribution in [0.15, 0.2) is 6.20 Å². The van der Waals surface area contributed by atoms with Gasteiger partial charge in [-0.1, -0.05) is 0 Å². The monoisotopic (exact) mass is 142 g/mol. The van der Waals surface area contributed by atoms with E-state index in [1.54, 1.807) is 0 Å². The first-order chi connectivity index (χ1) is 4.25. The van der Waals surface area contributed by atoms with Crippen LogP contribution in [0.25, 0.3) is 0 Å². The summed E-state index contributed by atoms with van der Waals surface area (Å²) in [5, 5.41) is 0. The number of imidazole rings is 1. The maximum atomic E-state index is 4.12. The largest absolute Gasteiger partial charge is 0.335 e. The van der Waals surface area contributed by atoms with Gasteiger partial charge in [0.2, 0.25) is 0 Å². The van der Waals surface area contributed by atoms with Crippen LogP contribution in [0.3, 0.4) is 0 Å². The molecule has 0 aliphatic carbocycles. The van der Waals surface area contributed by atoms with Crippen LogP contribution in [0.2, 0.25) is 0 Å². The van der Waals surface area contributed by atoms with Crippen LogP contribution in [-0.2, 0) is 12.8 Å². The molecule has 50 valence electrons. The zero-order chi connectivity index (χ0) is 6.85. The van der Waals surface area contributed by atoms with Gasteiger partial charge in [0.15, 0.2) is 0 Å². The summed E-state index contributed by atoms with van der Waals surface area (Å²) in [5.74, 6) is 1.74. The Morgan fingerprint density at radius 3 is 2.67 bits per heavy atom. The van der Waals surface area contributed by atoms with Gasteiger partial charge < -0.3 is 4.57 Å². The van der Waals surface area contributed by atoms with E-state index >= 15 is 0 Å². The van der Waals surface area contributed by atoms with Crippen LogP contribution in [-0.4, -0.2) is 9.55 Å². The number of hydrogen-bond donors (Lipinski definition) is 1. The number of aromatic nitrogens is 2. The van der Waals surface area contributed by atoms with Gasteiger partial charge in [-0.2, -0.15) is 12.6 Å². The molecule has 2 nitrogen and oxygen atoms in total. The highest BCUT2D eigenvalue weighted by Gasteiger charge is 1.97. The summed E-state index contributed by atoms with van der Waals surface area (Å²) in [5.41, 5.74) is 1.18. The van der Waals surface area contributed by atoms with Gasteiger partial charge in [-0.25, -0.2) is 4.98 Å². The molecule has 0 N–H and O–H groups in total. The third kappa shape index (κ3) is 1.10. The van der Waals surface area contributed by atoms with Gasteiger partial charge in [-0.3, -0.25) is 0 Å². The molecule has 0 fully saturated rings. The first-order valence-electron chi connectivity index (χ1n) is 2.83. The van der Waals surface area contributed by atoms with Gasteiger partial charge in [-0.15, -0.1) is 0 Å². The average molecular weight is 142 g/mol. The lowest BCUT2D eigenvalue weighted by molar-refractivity contribution is 0.821. The Balaban J connectivity index is 3.04. The van der Waals surface area contributed by atoms with E-state index in [9.17, 15) is 0 Å². The first-order valence-corrected chi connectivity index (χ1v) is 3.47. The molecule has 0 amide bonds. The molecule has 1 heterocycles. The summed E-state index contributed by atoms with van der Waals surface area (Å²) < 4.78 is 2.03. The van der Waals surface area contributed by atoms with Crippen LogP contribution < -0.4 is 0 Å². The van der Waals surface area contributed by atoms with Crippen molar-refractivity contribution in [2.45, 2.75) is 12.7 Å². The minimum atomic E-state index is 0.713. The van der Waals surface area contributed by atoms with Gasteiger partial charge in [-0.05, 0) is 6.92 Å². The summed E-state index contributed by atoms with van der Waals surface area (Å²) in [6, 6.07) is 0. The van der Waals surface area contributed by atoms with Gasteiger partial charge >= 0.3 is 0 Å². The molecule has 0 atom stereocenters. The molecule has 0 radical (unpaired) electrons. The summed E-state index contributed by atoms with van der Waals surface area (Å²) in [7, 11) is 1.99. The third-order valence-corrected chi connectivity index (χ3v) is 1.74. The van der Waals surface area contributed by atoms with Crippen molar-refractivity contribution in [3.05, 3.63) is 17.7 Å². The Labute approximate surface area is 60.3 Å². The van der Waals surface area contributed by atoms with Crippen molar-refractivity contribution in [1.29, 1.82) is 0 Å². The predicted molar refractivity (Wildman–Crippen MR) is 40.6 cm³/mol. The van der Waals surface area contributed by atoms with Gasteiger partial charge in [0.05, 0.1) is 0 Å². The highest BCUT2D eigenvalue weighted by atomic mass is 32.1. The maximum absolute atomic E-state index is 4.12. The van der Waals surface area contributed by atoms with E-state index < -0.39 is 0 Å². The molecule has 0 aliphatic heterocycles. The summed E-state index contributed by atoms with van der Waals surface area (Å²) in [6.45, 7) is 2.03. The van der Waals surface area contributed by atoms with E-state index in [-0.39, 0.29) is 0 Å². The number of nitrogens with zero attached hydrogens (tertiary/aromatic N) is 2. The van der Waals surface area contributed by atoms with Crippen molar-refractivity contribution in [3.63, 3.8) is 0 Å². The number of hydrogen-bond acceptors (Lipinski definition) is 2. The van der Waals surface area contributed by atoms with Gasteiger partial charge in [0.25, 0.3) is 0 Å². The molecule has 9 heavy (non-hydrogen) atoms. The van der Waals surface area contributed by atoms with Crippen molar-refractivity contribution >= 4 is 12.6 Å². The lowest BCUT2D eigenvalue weighted by Gasteiger charge is -1.96. The minimum absolute atomic E-state index is 0.713. The van der Waals surface area contributed by atoms with Crippen LogP contribution in [0, 0.1) is 6.92 Å². The predicted octanol–water partition coefficient (Wildman–Crippen LogP) is 1.16. The first kappa shape index (κ1) is 6.68. The molecule has 3 heteroatoms. The van der Waals surface area contributed by atoms with Gasteiger partial charge in [0, 0.05) is 24.7 Å². The van der Waals surface area contributed by atoms with Crippen LogP contribution in [0.1, 0.15) is 11.5 Å². The lowest BCUT2D eigenvalue weighted by atomic mass is 10.5. The molecule has 1 aromatic rings. The van der Waals surface area contributed by atoms with Crippen LogP contribution in [0.4, 0.5) is 0 Å². The minimum Gasteiger partial charge on any atom is -0.335 e. The van der Waals surface area contributed by atoms with E-state index in [2.05, 4.69) is 17.6 Å². The molecule has 0 unspecified atom stereocenters. The topological polar surface area (TPSA) is 17.8 Å². The van der Waals surface area contributed by atoms with E-state index in [1.807, 2.05) is 24.7 Å². The van der Waals surface area contributed by atoms with Crippen molar-refractivity contribution in [2.24, 2.45) is 7.05 Å². The Morgan fingerprint density at radius 1 is 1.78 bits per heavy atom. The Morgan fingerprint density at radius 2 is 2.44 bits per heavy atom. The number of aryl methyl sites for hydroxylation is 1. The molecule has 0 bridgehead atoms. The molecule has 0 saturated heterocycles. The van der Waals surface area contributed by atoms with Crippen molar-refractivity contribution in [2.75, 3.05) is 0 Å². The molecule has 0 aliphatic rings. The highest BCUT2D eigenvalue weighted by molar-refractivity contribution is 7.79. The molecular weight excluding hydrogens is 132 g/mol. The van der Waals surface area contributed by atoms with E-state index in [0.717, 1.165) is 5.82 Å². The van der Waals surface area contributed by atoms with E-state index in [0.29, 0.717) is 5.75 Å². The fourth-order valence-electron chi connectivity index (χ4n) is 0.692. The Hall–Kier alpha value is -0.440. The second kappa shape index (κ2) is 2.43. The van der Waals surface area contributed by atoms with E-state index in [4.69, 9.17) is 0 Å². The fraction of sp³-hybridized carbons (Fsp3) is 0.500. The second-order valence-electron chi connectivity index (χ2n) is 2.03. The highest BCUT2D eigenvalue weighted by Crippen LogP contribution is 2.02. The third-order valence-electron chi connectivity index (χ3n) is 1.46. The zero-order valence-corrected chi connectivity index (χ0v) is 6.52. The molecule has 1 aromatic heterocycles. The summed E-state index contributed by atoms with van der Waals surface area (Å²) in [6.07, 6.45) is 1.85. The zero-order valence-electron chi connectivity index (χ0n) is 5.63. The van der Waals surface area contributed by atoms with Crippen LogP contribution >= 0.6 is 12.6 Å². The normalized spacial score (nSPS) is 10.1. The average Bonchev–Trinajstić information content (AvgIpc) is 2.15.